The predicted molar refractivity (Wildman–Crippen MR) is 132 cm³/mol. The van der Waals surface area contributed by atoms with Crippen LogP contribution in [0.2, 0.25) is 0 Å². The van der Waals surface area contributed by atoms with Gasteiger partial charge in [-0.1, -0.05) is 18.9 Å². The van der Waals surface area contributed by atoms with Crippen LogP contribution in [0.1, 0.15) is 50.5 Å². The Morgan fingerprint density at radius 1 is 1.12 bits per heavy atom. The summed E-state index contributed by atoms with van der Waals surface area (Å²) in [5.41, 5.74) is 1.13. The van der Waals surface area contributed by atoms with E-state index in [0.29, 0.717) is 36.1 Å². The van der Waals surface area contributed by atoms with E-state index < -0.39 is 11.6 Å². The molecule has 2 saturated heterocycles. The Hall–Kier alpha value is -1.00. The lowest BCUT2D eigenvalue weighted by Gasteiger charge is -2.57. The average molecular weight is 560 g/mol. The largest absolute Gasteiger partial charge is 0.377 e. The van der Waals surface area contributed by atoms with Gasteiger partial charge < -0.3 is 15.4 Å². The van der Waals surface area contributed by atoms with Gasteiger partial charge in [0.05, 0.1) is 6.10 Å². The molecule has 3 atom stereocenters. The van der Waals surface area contributed by atoms with E-state index in [9.17, 15) is 8.78 Å². The van der Waals surface area contributed by atoms with E-state index in [1.54, 1.807) is 6.07 Å². The molecule has 5 nitrogen and oxygen atoms in total. The van der Waals surface area contributed by atoms with Gasteiger partial charge in [-0.25, -0.2) is 8.78 Å². The fourth-order valence-corrected chi connectivity index (χ4v) is 6.55. The van der Waals surface area contributed by atoms with Gasteiger partial charge in [0.1, 0.15) is 0 Å². The van der Waals surface area contributed by atoms with Crippen molar-refractivity contribution < 1.29 is 13.5 Å². The highest BCUT2D eigenvalue weighted by Crippen LogP contribution is 2.60. The number of nitrogens with zero attached hydrogens (tertiary/aromatic N) is 2. The molecule has 0 amide bonds. The maximum absolute atomic E-state index is 13.5. The number of piperidine rings is 1. The first kappa shape index (κ1) is 24.1. The minimum Gasteiger partial charge on any atom is -0.377 e. The van der Waals surface area contributed by atoms with E-state index >= 15 is 0 Å². The van der Waals surface area contributed by atoms with E-state index in [1.807, 2.05) is 7.05 Å². The van der Waals surface area contributed by atoms with Gasteiger partial charge in [-0.05, 0) is 49.8 Å². The SMILES string of the molecule is CN=C(NC1CCN(Cc2ccc(F)c(F)c2)CC1)NC1C2CCOC2C12CCCC2.I. The zero-order valence-corrected chi connectivity index (χ0v) is 21.1. The quantitative estimate of drug-likeness (QED) is 0.332. The monoisotopic (exact) mass is 560 g/mol. The number of likely N-dealkylation sites (tertiary alicyclic amines) is 1. The van der Waals surface area contributed by atoms with Gasteiger partial charge in [0.25, 0.3) is 0 Å². The molecule has 1 spiro atoms. The molecular formula is C24H35F2IN4O. The minimum atomic E-state index is -0.785. The average Bonchev–Trinajstić information content (AvgIpc) is 3.44. The number of ether oxygens (including phenoxy) is 1. The Kier molecular flexibility index (Phi) is 7.61. The minimum absolute atomic E-state index is 0. The molecule has 4 fully saturated rings. The van der Waals surface area contributed by atoms with Crippen molar-refractivity contribution in [3.8, 4) is 0 Å². The van der Waals surface area contributed by atoms with Crippen LogP contribution in [-0.2, 0) is 11.3 Å². The van der Waals surface area contributed by atoms with Crippen LogP contribution in [-0.4, -0.2) is 55.8 Å². The molecule has 2 aliphatic carbocycles. The molecule has 178 valence electrons. The van der Waals surface area contributed by atoms with Crippen molar-refractivity contribution >= 4 is 29.9 Å². The molecule has 5 rings (SSSR count). The maximum atomic E-state index is 13.5. The standard InChI is InChI=1S/C24H34F2N4O.HI/c1-27-23(29-21-18-8-13-31-22(18)24(21)9-2-3-10-24)28-17-6-11-30(12-7-17)15-16-4-5-19(25)20(26)14-16;/h4-5,14,17-18,21-22H,2-3,6-13,15H2,1H3,(H2,27,28,29);1H. The smallest absolute Gasteiger partial charge is 0.191 e. The van der Waals surface area contributed by atoms with Crippen LogP contribution in [0.4, 0.5) is 8.78 Å². The number of rotatable bonds is 4. The number of halogens is 3. The van der Waals surface area contributed by atoms with Crippen LogP contribution < -0.4 is 10.6 Å². The van der Waals surface area contributed by atoms with Crippen molar-refractivity contribution in [1.29, 1.82) is 0 Å². The molecule has 2 aliphatic heterocycles. The second kappa shape index (κ2) is 10.1. The van der Waals surface area contributed by atoms with Crippen molar-refractivity contribution in [1.82, 2.24) is 15.5 Å². The number of hydrogen-bond acceptors (Lipinski definition) is 3. The van der Waals surface area contributed by atoms with Gasteiger partial charge in [-0.3, -0.25) is 9.89 Å². The topological polar surface area (TPSA) is 48.9 Å². The molecule has 8 heteroatoms. The fraction of sp³-hybridized carbons (Fsp3) is 0.708. The summed E-state index contributed by atoms with van der Waals surface area (Å²) in [6.45, 7) is 3.42. The third kappa shape index (κ3) is 4.51. The van der Waals surface area contributed by atoms with Gasteiger partial charge in [-0.15, -0.1) is 24.0 Å². The van der Waals surface area contributed by atoms with Crippen LogP contribution in [0.5, 0.6) is 0 Å². The van der Waals surface area contributed by atoms with Crippen molar-refractivity contribution in [3.63, 3.8) is 0 Å². The highest BCUT2D eigenvalue weighted by molar-refractivity contribution is 14.0. The molecule has 1 aromatic rings. The number of nitrogens with one attached hydrogen (secondary N) is 2. The lowest BCUT2D eigenvalue weighted by Crippen LogP contribution is -2.69. The summed E-state index contributed by atoms with van der Waals surface area (Å²) >= 11 is 0. The number of benzene rings is 1. The van der Waals surface area contributed by atoms with Crippen molar-refractivity contribution in [3.05, 3.63) is 35.4 Å². The summed E-state index contributed by atoms with van der Waals surface area (Å²) in [5.74, 6) is -0.0167. The van der Waals surface area contributed by atoms with Gasteiger partial charge >= 0.3 is 0 Å². The molecule has 0 aromatic heterocycles. The highest BCUT2D eigenvalue weighted by Gasteiger charge is 2.65. The first-order chi connectivity index (χ1) is 15.1. The van der Waals surface area contributed by atoms with E-state index in [-0.39, 0.29) is 24.0 Å². The van der Waals surface area contributed by atoms with Crippen LogP contribution in [0, 0.1) is 23.0 Å². The van der Waals surface area contributed by atoms with Crippen molar-refractivity contribution in [2.75, 3.05) is 26.7 Å². The summed E-state index contributed by atoms with van der Waals surface area (Å²) in [6, 6.07) is 5.05. The van der Waals surface area contributed by atoms with E-state index in [4.69, 9.17) is 4.74 Å². The number of hydrogen-bond donors (Lipinski definition) is 2. The lowest BCUT2D eigenvalue weighted by atomic mass is 9.54. The van der Waals surface area contributed by atoms with Crippen LogP contribution in [0.15, 0.2) is 23.2 Å². The Morgan fingerprint density at radius 2 is 1.88 bits per heavy atom. The molecule has 0 bridgehead atoms. The van der Waals surface area contributed by atoms with Gasteiger partial charge in [0.15, 0.2) is 17.6 Å². The van der Waals surface area contributed by atoms with Gasteiger partial charge in [0, 0.05) is 56.7 Å². The summed E-state index contributed by atoms with van der Waals surface area (Å²) in [4.78, 5) is 6.85. The molecule has 2 N–H and O–H groups in total. The van der Waals surface area contributed by atoms with E-state index in [2.05, 4.69) is 20.5 Å². The fourth-order valence-electron chi connectivity index (χ4n) is 6.55. The summed E-state index contributed by atoms with van der Waals surface area (Å²) in [7, 11) is 1.86. The first-order valence-electron chi connectivity index (χ1n) is 11.9. The predicted octanol–water partition coefficient (Wildman–Crippen LogP) is 4.06. The first-order valence-corrected chi connectivity index (χ1v) is 11.9. The van der Waals surface area contributed by atoms with Gasteiger partial charge in [0.2, 0.25) is 0 Å². The van der Waals surface area contributed by atoms with Crippen LogP contribution in [0.25, 0.3) is 0 Å². The third-order valence-electron chi connectivity index (χ3n) is 8.12. The number of fused-ring (bicyclic) bond motifs is 2. The molecule has 2 heterocycles. The zero-order valence-electron chi connectivity index (χ0n) is 18.8. The summed E-state index contributed by atoms with van der Waals surface area (Å²) in [5, 5.41) is 7.44. The van der Waals surface area contributed by atoms with E-state index in [1.165, 1.54) is 37.8 Å². The van der Waals surface area contributed by atoms with E-state index in [0.717, 1.165) is 50.5 Å². The van der Waals surface area contributed by atoms with Crippen molar-refractivity contribution in [2.45, 2.75) is 69.7 Å². The second-order valence-corrected chi connectivity index (χ2v) is 9.82. The van der Waals surface area contributed by atoms with Crippen LogP contribution >= 0.6 is 24.0 Å². The molecule has 32 heavy (non-hydrogen) atoms. The molecule has 4 aliphatic rings. The highest BCUT2D eigenvalue weighted by atomic mass is 127. The molecule has 2 saturated carbocycles. The molecule has 1 aromatic carbocycles. The third-order valence-corrected chi connectivity index (χ3v) is 8.12. The Labute approximate surface area is 206 Å². The lowest BCUT2D eigenvalue weighted by molar-refractivity contribution is -0.125. The van der Waals surface area contributed by atoms with Crippen LogP contribution in [0.3, 0.4) is 0 Å². The molecular weight excluding hydrogens is 525 g/mol. The zero-order chi connectivity index (χ0) is 21.4. The second-order valence-electron chi connectivity index (χ2n) is 9.82. The number of aliphatic imine (C=N–C) groups is 1. The normalized spacial score (nSPS) is 30.0. The van der Waals surface area contributed by atoms with Gasteiger partial charge in [-0.2, -0.15) is 0 Å². The Balaban J connectivity index is 0.00000245. The number of guanidine groups is 1. The summed E-state index contributed by atoms with van der Waals surface area (Å²) in [6.07, 6.45) is 8.79. The van der Waals surface area contributed by atoms with Crippen molar-refractivity contribution in [2.24, 2.45) is 16.3 Å². The summed E-state index contributed by atoms with van der Waals surface area (Å²) < 4.78 is 32.7. The Bertz CT molecular complexity index is 824. The molecule has 3 unspecified atom stereocenters. The molecule has 0 radical (unpaired) electrons. The Morgan fingerprint density at radius 3 is 2.56 bits per heavy atom. The maximum Gasteiger partial charge on any atom is 0.191 e.